The van der Waals surface area contributed by atoms with Crippen LogP contribution in [-0.2, 0) is 18.5 Å². The molecule has 0 spiro atoms. The highest BCUT2D eigenvalue weighted by Gasteiger charge is 2.30. The molecule has 12 heteroatoms. The van der Waals surface area contributed by atoms with E-state index in [-0.39, 0.29) is 12.2 Å². The minimum atomic E-state index is -4.45. The molecule has 0 unspecified atom stereocenters. The number of nitrogens with one attached hydrogen (secondary N) is 1. The zero-order valence-electron chi connectivity index (χ0n) is 20.9. The fourth-order valence-electron chi connectivity index (χ4n) is 3.85. The summed E-state index contributed by atoms with van der Waals surface area (Å²) < 4.78 is 40.8. The molecule has 1 amide bonds. The molecule has 0 fully saturated rings. The number of aromatic nitrogens is 4. The molecule has 5 aromatic rings. The van der Waals surface area contributed by atoms with Gasteiger partial charge in [0.05, 0.1) is 16.3 Å². The van der Waals surface area contributed by atoms with Gasteiger partial charge in [-0.3, -0.25) is 9.36 Å². The van der Waals surface area contributed by atoms with Crippen molar-refractivity contribution in [1.82, 2.24) is 25.1 Å². The van der Waals surface area contributed by atoms with Crippen molar-refractivity contribution in [3.05, 3.63) is 111 Å². The topological polar surface area (TPSA) is 72.7 Å². The number of carbonyl (C=O) groups excluding carboxylic acids is 1. The van der Waals surface area contributed by atoms with Gasteiger partial charge in [-0.25, -0.2) is 4.98 Å². The quantitative estimate of drug-likeness (QED) is 0.186. The standard InChI is InChI=1S/C28H21ClF3N5OS2/c1-17-9-11-20(12-10-17)37-25(21-7-2-3-8-22(21)29)35-36-27(37)40-16-24-34-23(15-39-24)26(38)33-14-18-5-4-6-19(13-18)28(30,31)32/h2-13,15H,14,16H2,1H3,(H,33,38). The van der Waals surface area contributed by atoms with Crippen LogP contribution in [0.2, 0.25) is 5.02 Å². The molecule has 1 N–H and O–H groups in total. The minimum absolute atomic E-state index is 0.0468. The fourth-order valence-corrected chi connectivity index (χ4v) is 5.81. The number of rotatable bonds is 8. The second-order valence-corrected chi connectivity index (χ2v) is 11.0. The van der Waals surface area contributed by atoms with E-state index in [1.807, 2.05) is 54.0 Å². The van der Waals surface area contributed by atoms with Crippen molar-refractivity contribution in [2.24, 2.45) is 0 Å². The first-order valence-corrected chi connectivity index (χ1v) is 14.2. The molecular formula is C28H21ClF3N5OS2. The number of aryl methyl sites for hydroxylation is 1. The third-order valence-corrected chi connectivity index (χ3v) is 8.16. The van der Waals surface area contributed by atoms with E-state index >= 15 is 0 Å². The smallest absolute Gasteiger partial charge is 0.347 e. The molecule has 0 saturated carbocycles. The Morgan fingerprint density at radius 3 is 2.58 bits per heavy atom. The number of hydrogen-bond donors (Lipinski definition) is 1. The Kier molecular flexibility index (Phi) is 8.24. The molecule has 0 atom stereocenters. The number of carbonyl (C=O) groups is 1. The number of alkyl halides is 3. The van der Waals surface area contributed by atoms with Crippen molar-refractivity contribution in [3.63, 3.8) is 0 Å². The lowest BCUT2D eigenvalue weighted by Crippen LogP contribution is -2.23. The minimum Gasteiger partial charge on any atom is -0.347 e. The molecule has 0 saturated heterocycles. The van der Waals surface area contributed by atoms with Gasteiger partial charge in [0.25, 0.3) is 5.91 Å². The first-order valence-electron chi connectivity index (χ1n) is 12.0. The lowest BCUT2D eigenvalue weighted by atomic mass is 10.1. The van der Waals surface area contributed by atoms with E-state index in [9.17, 15) is 18.0 Å². The second kappa shape index (κ2) is 11.8. The van der Waals surface area contributed by atoms with Crippen LogP contribution < -0.4 is 5.32 Å². The zero-order valence-corrected chi connectivity index (χ0v) is 23.3. The molecule has 0 aliphatic heterocycles. The number of benzene rings is 3. The number of hydrogen-bond acceptors (Lipinski definition) is 6. The van der Waals surface area contributed by atoms with Crippen LogP contribution in [0.3, 0.4) is 0 Å². The highest BCUT2D eigenvalue weighted by atomic mass is 35.5. The summed E-state index contributed by atoms with van der Waals surface area (Å²) in [6.07, 6.45) is -4.45. The van der Waals surface area contributed by atoms with Crippen molar-refractivity contribution in [2.45, 2.75) is 30.6 Å². The van der Waals surface area contributed by atoms with E-state index in [2.05, 4.69) is 20.5 Å². The van der Waals surface area contributed by atoms with E-state index in [1.54, 1.807) is 11.4 Å². The third kappa shape index (κ3) is 6.38. The molecule has 2 heterocycles. The average molecular weight is 600 g/mol. The summed E-state index contributed by atoms with van der Waals surface area (Å²) in [4.78, 5) is 17.0. The predicted molar refractivity (Wildman–Crippen MR) is 151 cm³/mol. The maximum absolute atomic E-state index is 13.0. The van der Waals surface area contributed by atoms with Crippen LogP contribution in [0.4, 0.5) is 13.2 Å². The van der Waals surface area contributed by atoms with Crippen molar-refractivity contribution >= 4 is 40.6 Å². The molecule has 204 valence electrons. The van der Waals surface area contributed by atoms with Gasteiger partial charge in [-0.1, -0.05) is 65.3 Å². The monoisotopic (exact) mass is 599 g/mol. The molecule has 5 rings (SSSR count). The maximum atomic E-state index is 13.0. The summed E-state index contributed by atoms with van der Waals surface area (Å²) in [6, 6.07) is 20.3. The molecule has 0 bridgehead atoms. The van der Waals surface area contributed by atoms with Crippen molar-refractivity contribution in [2.75, 3.05) is 0 Å². The third-order valence-electron chi connectivity index (χ3n) is 5.86. The summed E-state index contributed by atoms with van der Waals surface area (Å²) in [5.74, 6) is 0.567. The molecule has 0 aliphatic carbocycles. The van der Waals surface area contributed by atoms with Gasteiger partial charge >= 0.3 is 6.18 Å². The van der Waals surface area contributed by atoms with Gasteiger partial charge in [-0.2, -0.15) is 13.2 Å². The maximum Gasteiger partial charge on any atom is 0.416 e. The Labute approximate surface area is 241 Å². The highest BCUT2D eigenvalue weighted by molar-refractivity contribution is 7.98. The van der Waals surface area contributed by atoms with Gasteiger partial charge in [-0.15, -0.1) is 21.5 Å². The van der Waals surface area contributed by atoms with Crippen LogP contribution in [0.25, 0.3) is 17.1 Å². The molecule has 6 nitrogen and oxygen atoms in total. The number of thiazole rings is 1. The van der Waals surface area contributed by atoms with E-state index in [4.69, 9.17) is 11.6 Å². The van der Waals surface area contributed by atoms with Gasteiger partial charge in [0.1, 0.15) is 10.7 Å². The number of amides is 1. The van der Waals surface area contributed by atoms with E-state index in [0.717, 1.165) is 28.9 Å². The molecule has 0 radical (unpaired) electrons. The van der Waals surface area contributed by atoms with Crippen LogP contribution in [0, 0.1) is 6.92 Å². The summed E-state index contributed by atoms with van der Waals surface area (Å²) >= 11 is 9.20. The van der Waals surface area contributed by atoms with Crippen LogP contribution >= 0.6 is 34.7 Å². The Morgan fingerprint density at radius 2 is 1.82 bits per heavy atom. The van der Waals surface area contributed by atoms with Crippen molar-refractivity contribution in [1.29, 1.82) is 0 Å². The summed E-state index contributed by atoms with van der Waals surface area (Å²) in [5.41, 5.74) is 2.53. The van der Waals surface area contributed by atoms with Gasteiger partial charge < -0.3 is 5.32 Å². The number of nitrogens with zero attached hydrogens (tertiary/aromatic N) is 4. The Bertz CT molecular complexity index is 1650. The lowest BCUT2D eigenvalue weighted by molar-refractivity contribution is -0.137. The summed E-state index contributed by atoms with van der Waals surface area (Å²) in [5, 5.41) is 15.0. The molecule has 2 aromatic heterocycles. The van der Waals surface area contributed by atoms with Crippen LogP contribution in [0.1, 0.15) is 32.2 Å². The largest absolute Gasteiger partial charge is 0.416 e. The molecular weight excluding hydrogens is 579 g/mol. The van der Waals surface area contributed by atoms with Gasteiger partial charge in [0.2, 0.25) is 0 Å². The second-order valence-electron chi connectivity index (χ2n) is 8.75. The zero-order chi connectivity index (χ0) is 28.3. The first-order chi connectivity index (χ1) is 19.2. The Balaban J connectivity index is 1.30. The Hall–Kier alpha value is -3.67. The first kappa shape index (κ1) is 27.9. The van der Waals surface area contributed by atoms with E-state index < -0.39 is 17.6 Å². The number of thioether (sulfide) groups is 1. The van der Waals surface area contributed by atoms with Crippen LogP contribution in [-0.4, -0.2) is 25.7 Å². The van der Waals surface area contributed by atoms with Gasteiger partial charge in [-0.05, 0) is 48.9 Å². The normalized spacial score (nSPS) is 11.5. The van der Waals surface area contributed by atoms with Crippen molar-refractivity contribution in [3.8, 4) is 17.1 Å². The van der Waals surface area contributed by atoms with Crippen LogP contribution in [0.5, 0.6) is 0 Å². The van der Waals surface area contributed by atoms with E-state index in [0.29, 0.717) is 32.3 Å². The van der Waals surface area contributed by atoms with Crippen molar-refractivity contribution < 1.29 is 18.0 Å². The van der Waals surface area contributed by atoms with Gasteiger partial charge in [0, 0.05) is 23.2 Å². The highest BCUT2D eigenvalue weighted by Crippen LogP contribution is 2.33. The lowest BCUT2D eigenvalue weighted by Gasteiger charge is -2.11. The molecule has 3 aromatic carbocycles. The predicted octanol–water partition coefficient (Wildman–Crippen LogP) is 7.59. The SMILES string of the molecule is Cc1ccc(-n2c(SCc3nc(C(=O)NCc4cccc(C(F)(F)F)c4)cs3)nnc2-c2ccccc2Cl)cc1. The summed E-state index contributed by atoms with van der Waals surface area (Å²) in [7, 11) is 0. The number of halogens is 4. The fraction of sp³-hybridized carbons (Fsp3) is 0.143. The van der Waals surface area contributed by atoms with Gasteiger partial charge in [0.15, 0.2) is 11.0 Å². The van der Waals surface area contributed by atoms with Crippen LogP contribution in [0.15, 0.2) is 83.3 Å². The molecule has 40 heavy (non-hydrogen) atoms. The average Bonchev–Trinajstić information content (AvgIpc) is 3.58. The molecule has 0 aliphatic rings. The van der Waals surface area contributed by atoms with E-state index in [1.165, 1.54) is 35.2 Å². The summed E-state index contributed by atoms with van der Waals surface area (Å²) in [6.45, 7) is 1.96. The Morgan fingerprint density at radius 1 is 1.05 bits per heavy atom.